The van der Waals surface area contributed by atoms with E-state index in [0.717, 1.165) is 6.42 Å². The third-order valence-corrected chi connectivity index (χ3v) is 4.20. The molecule has 0 aromatic rings. The fourth-order valence-corrected chi connectivity index (χ4v) is 3.27. The van der Waals surface area contributed by atoms with Gasteiger partial charge in [-0.05, 0) is 52.9 Å². The van der Waals surface area contributed by atoms with E-state index in [1.165, 1.54) is 0 Å². The predicted molar refractivity (Wildman–Crippen MR) is 98.8 cm³/mol. The third-order valence-electron chi connectivity index (χ3n) is 4.20. The van der Waals surface area contributed by atoms with Crippen LogP contribution in [0.2, 0.25) is 0 Å². The highest BCUT2D eigenvalue weighted by atomic mass is 16.6. The first kappa shape index (κ1) is 23.6. The summed E-state index contributed by atoms with van der Waals surface area (Å²) >= 11 is 0. The van der Waals surface area contributed by atoms with Crippen molar-refractivity contribution in [3.63, 3.8) is 0 Å². The lowest BCUT2D eigenvalue weighted by Crippen LogP contribution is -2.43. The molecule has 0 spiro atoms. The number of aliphatic hydroxyl groups is 1. The molecule has 0 bridgehead atoms. The van der Waals surface area contributed by atoms with Gasteiger partial charge >= 0.3 is 11.9 Å². The van der Waals surface area contributed by atoms with Crippen molar-refractivity contribution < 1.29 is 33.7 Å². The van der Waals surface area contributed by atoms with Crippen LogP contribution in [0.15, 0.2) is 0 Å². The second-order valence-corrected chi connectivity index (χ2v) is 8.41. The van der Waals surface area contributed by atoms with E-state index >= 15 is 0 Å². The molecule has 1 aliphatic heterocycles. The van der Waals surface area contributed by atoms with Gasteiger partial charge < -0.3 is 19.3 Å². The molecule has 1 N–H and O–H groups in total. The van der Waals surface area contributed by atoms with E-state index in [4.69, 9.17) is 14.2 Å². The van der Waals surface area contributed by atoms with E-state index in [1.807, 2.05) is 27.7 Å². The zero-order valence-corrected chi connectivity index (χ0v) is 17.2. The maximum atomic E-state index is 12.0. The number of carbonyl (C=O) groups excluding carboxylic acids is 3. The second-order valence-electron chi connectivity index (χ2n) is 8.41. The Labute approximate surface area is 161 Å². The van der Waals surface area contributed by atoms with E-state index in [2.05, 4.69) is 0 Å². The highest BCUT2D eigenvalue weighted by Gasteiger charge is 2.38. The second kappa shape index (κ2) is 10.2. The Bertz CT molecular complexity index is 523. The lowest BCUT2D eigenvalue weighted by atomic mass is 9.91. The molecule has 7 heteroatoms. The van der Waals surface area contributed by atoms with Crippen molar-refractivity contribution in [1.29, 1.82) is 0 Å². The van der Waals surface area contributed by atoms with E-state index in [9.17, 15) is 19.5 Å². The molecule has 156 valence electrons. The first-order valence-electron chi connectivity index (χ1n) is 9.72. The Morgan fingerprint density at radius 3 is 2.52 bits per heavy atom. The van der Waals surface area contributed by atoms with Crippen molar-refractivity contribution in [1.82, 2.24) is 0 Å². The van der Waals surface area contributed by atoms with Gasteiger partial charge in [0, 0.05) is 12.8 Å². The van der Waals surface area contributed by atoms with E-state index in [0.29, 0.717) is 19.3 Å². The third kappa shape index (κ3) is 9.86. The van der Waals surface area contributed by atoms with Crippen molar-refractivity contribution in [3.8, 4) is 0 Å². The van der Waals surface area contributed by atoms with Gasteiger partial charge in [-0.3, -0.25) is 14.4 Å². The minimum atomic E-state index is -1.56. The van der Waals surface area contributed by atoms with Gasteiger partial charge in [0.1, 0.15) is 17.8 Å². The Hall–Kier alpha value is -1.47. The van der Waals surface area contributed by atoms with Crippen molar-refractivity contribution in [2.24, 2.45) is 5.92 Å². The molecule has 1 rings (SSSR count). The number of carbonyl (C=O) groups is 3. The summed E-state index contributed by atoms with van der Waals surface area (Å²) in [6.45, 7) is 9.30. The average molecular weight is 386 g/mol. The number of ether oxygens (including phenoxy) is 3. The zero-order chi connectivity index (χ0) is 20.7. The molecule has 1 aliphatic rings. The van der Waals surface area contributed by atoms with Crippen molar-refractivity contribution in [3.05, 3.63) is 0 Å². The number of esters is 2. The molecule has 3 atom stereocenters. The Morgan fingerprint density at radius 2 is 1.93 bits per heavy atom. The molecule has 0 amide bonds. The smallest absolute Gasteiger partial charge is 0.313 e. The number of hydrogen-bond acceptors (Lipinski definition) is 7. The van der Waals surface area contributed by atoms with Crippen LogP contribution in [0.25, 0.3) is 0 Å². The van der Waals surface area contributed by atoms with E-state index in [1.54, 1.807) is 6.92 Å². The maximum absolute atomic E-state index is 12.0. The summed E-state index contributed by atoms with van der Waals surface area (Å²) in [4.78, 5) is 35.3. The summed E-state index contributed by atoms with van der Waals surface area (Å²) in [6, 6.07) is 0. The number of hydrogen-bond donors (Lipinski definition) is 1. The SMILES string of the molecule is CCOC(=O)CC(=O)CC1(O)CCC[C@@H](C[C@@H](C)CC(=O)OC(C)(C)C)O1. The molecule has 0 aliphatic carbocycles. The predicted octanol–water partition coefficient (Wildman–Crippen LogP) is 2.91. The van der Waals surface area contributed by atoms with Gasteiger partial charge in [0.25, 0.3) is 0 Å². The Morgan fingerprint density at radius 1 is 1.26 bits per heavy atom. The van der Waals surface area contributed by atoms with E-state index < -0.39 is 23.1 Å². The van der Waals surface area contributed by atoms with Gasteiger partial charge in [-0.2, -0.15) is 0 Å². The summed E-state index contributed by atoms with van der Waals surface area (Å²) in [5, 5.41) is 10.6. The monoisotopic (exact) mass is 386 g/mol. The van der Waals surface area contributed by atoms with Crippen LogP contribution in [0.5, 0.6) is 0 Å². The van der Waals surface area contributed by atoms with Crippen LogP contribution in [0.3, 0.4) is 0 Å². The minimum Gasteiger partial charge on any atom is -0.466 e. The normalized spacial score (nSPS) is 24.1. The van der Waals surface area contributed by atoms with Gasteiger partial charge in [0.05, 0.1) is 19.1 Å². The Balaban J connectivity index is 2.49. The molecule has 7 nitrogen and oxygen atoms in total. The molecular weight excluding hydrogens is 352 g/mol. The van der Waals surface area contributed by atoms with Gasteiger partial charge in [0.15, 0.2) is 5.79 Å². The maximum Gasteiger partial charge on any atom is 0.313 e. The summed E-state index contributed by atoms with van der Waals surface area (Å²) < 4.78 is 15.9. The fraction of sp³-hybridized carbons (Fsp3) is 0.850. The van der Waals surface area contributed by atoms with Gasteiger partial charge in [-0.25, -0.2) is 0 Å². The minimum absolute atomic E-state index is 0.0300. The quantitative estimate of drug-likeness (QED) is 0.480. The standard InChI is InChI=1S/C20H34O7/c1-6-25-17(22)12-15(21)13-20(24)9-7-8-16(26-20)10-14(2)11-18(23)27-19(3,4)5/h14,16,24H,6-13H2,1-5H3/t14-,16+,20?/m1/s1. The average Bonchev–Trinajstić information content (AvgIpc) is 2.43. The van der Waals surface area contributed by atoms with Crippen LogP contribution in [-0.2, 0) is 28.6 Å². The lowest BCUT2D eigenvalue weighted by molar-refractivity contribution is -0.256. The molecule has 0 saturated carbocycles. The largest absolute Gasteiger partial charge is 0.466 e. The molecule has 1 unspecified atom stereocenters. The number of ketones is 1. The molecule has 0 aromatic heterocycles. The molecule has 1 fully saturated rings. The van der Waals surface area contributed by atoms with Gasteiger partial charge in [-0.15, -0.1) is 0 Å². The molecule has 27 heavy (non-hydrogen) atoms. The van der Waals surface area contributed by atoms with E-state index in [-0.39, 0.29) is 43.9 Å². The first-order valence-corrected chi connectivity index (χ1v) is 9.72. The molecule has 1 heterocycles. The molecule has 1 saturated heterocycles. The molecule has 0 aromatic carbocycles. The number of rotatable bonds is 9. The van der Waals surface area contributed by atoms with Crippen molar-refractivity contribution in [2.45, 2.75) is 97.1 Å². The van der Waals surface area contributed by atoms with Crippen LogP contribution >= 0.6 is 0 Å². The summed E-state index contributed by atoms with van der Waals surface area (Å²) in [7, 11) is 0. The van der Waals surface area contributed by atoms with Crippen LogP contribution in [0.4, 0.5) is 0 Å². The first-order chi connectivity index (χ1) is 12.4. The van der Waals surface area contributed by atoms with Gasteiger partial charge in [-0.1, -0.05) is 6.92 Å². The summed E-state index contributed by atoms with van der Waals surface area (Å²) in [5.74, 6) is -2.78. The topological polar surface area (TPSA) is 99.1 Å². The van der Waals surface area contributed by atoms with Crippen LogP contribution < -0.4 is 0 Å². The van der Waals surface area contributed by atoms with Crippen LogP contribution in [0.1, 0.15) is 79.6 Å². The van der Waals surface area contributed by atoms with Crippen molar-refractivity contribution in [2.75, 3.05) is 6.61 Å². The highest BCUT2D eigenvalue weighted by Crippen LogP contribution is 2.33. The zero-order valence-electron chi connectivity index (χ0n) is 17.2. The van der Waals surface area contributed by atoms with Crippen LogP contribution in [0, 0.1) is 5.92 Å². The Kier molecular flexibility index (Phi) is 8.88. The van der Waals surface area contributed by atoms with Gasteiger partial charge in [0.2, 0.25) is 0 Å². The molecule has 0 radical (unpaired) electrons. The van der Waals surface area contributed by atoms with Crippen LogP contribution in [-0.4, -0.2) is 46.9 Å². The highest BCUT2D eigenvalue weighted by molar-refractivity contribution is 5.95. The lowest BCUT2D eigenvalue weighted by Gasteiger charge is -2.37. The molecular formula is C20H34O7. The van der Waals surface area contributed by atoms with Crippen molar-refractivity contribution >= 4 is 17.7 Å². The summed E-state index contributed by atoms with van der Waals surface area (Å²) in [5.41, 5.74) is -0.516. The fourth-order valence-electron chi connectivity index (χ4n) is 3.27. The number of Topliss-reactive ketones (excluding diaryl/α,β-unsaturated/α-hetero) is 1. The summed E-state index contributed by atoms with van der Waals surface area (Å²) in [6.07, 6.45) is 1.85.